The Kier molecular flexibility index (Phi) is 4.80. The predicted molar refractivity (Wildman–Crippen MR) is 107 cm³/mol. The van der Waals surface area contributed by atoms with Crippen LogP contribution in [0.1, 0.15) is 15.9 Å². The summed E-state index contributed by atoms with van der Waals surface area (Å²) in [6.07, 6.45) is 3.46. The molecule has 5 nitrogen and oxygen atoms in total. The van der Waals surface area contributed by atoms with E-state index >= 15 is 0 Å². The molecule has 0 fully saturated rings. The molecule has 0 saturated heterocycles. The molecule has 6 heteroatoms. The third kappa shape index (κ3) is 3.80. The van der Waals surface area contributed by atoms with Crippen LogP contribution in [0.25, 0.3) is 20.8 Å². The quantitative estimate of drug-likeness (QED) is 0.565. The monoisotopic (exact) mass is 375 g/mol. The van der Waals surface area contributed by atoms with Crippen LogP contribution in [0.2, 0.25) is 0 Å². The van der Waals surface area contributed by atoms with E-state index in [9.17, 15) is 4.79 Å². The summed E-state index contributed by atoms with van der Waals surface area (Å²) in [5, 5.41) is 3.84. The Morgan fingerprint density at radius 3 is 2.74 bits per heavy atom. The molecule has 0 aliphatic heterocycles. The number of nitrogens with one attached hydrogen (secondary N) is 1. The lowest BCUT2D eigenvalue weighted by Crippen LogP contribution is -2.22. The van der Waals surface area contributed by atoms with Crippen LogP contribution in [0.15, 0.2) is 67.0 Å². The van der Waals surface area contributed by atoms with E-state index < -0.39 is 0 Å². The van der Waals surface area contributed by atoms with E-state index in [0.717, 1.165) is 32.1 Å². The molecular formula is C21H17N3O2S. The maximum atomic E-state index is 12.4. The number of fused-ring (bicyclic) bond motifs is 1. The highest BCUT2D eigenvalue weighted by Crippen LogP contribution is 2.31. The summed E-state index contributed by atoms with van der Waals surface area (Å²) in [4.78, 5) is 21.2. The van der Waals surface area contributed by atoms with Gasteiger partial charge in [0, 0.05) is 30.1 Å². The molecule has 4 aromatic rings. The second kappa shape index (κ2) is 7.55. The Morgan fingerprint density at radius 2 is 2.00 bits per heavy atom. The molecular weight excluding hydrogens is 358 g/mol. The molecule has 1 amide bonds. The van der Waals surface area contributed by atoms with Crippen molar-refractivity contribution >= 4 is 27.5 Å². The number of pyridine rings is 1. The van der Waals surface area contributed by atoms with Crippen molar-refractivity contribution in [2.75, 3.05) is 7.11 Å². The maximum absolute atomic E-state index is 12.4. The zero-order valence-corrected chi connectivity index (χ0v) is 15.5. The van der Waals surface area contributed by atoms with Gasteiger partial charge in [-0.05, 0) is 54.1 Å². The molecule has 0 aliphatic rings. The first kappa shape index (κ1) is 17.2. The van der Waals surface area contributed by atoms with Gasteiger partial charge in [0.1, 0.15) is 10.8 Å². The van der Waals surface area contributed by atoms with E-state index in [1.807, 2.05) is 48.5 Å². The Morgan fingerprint density at radius 1 is 1.15 bits per heavy atom. The van der Waals surface area contributed by atoms with Crippen LogP contribution in [-0.4, -0.2) is 23.0 Å². The molecule has 134 valence electrons. The summed E-state index contributed by atoms with van der Waals surface area (Å²) in [5.74, 6) is 0.701. The van der Waals surface area contributed by atoms with Gasteiger partial charge in [0.2, 0.25) is 0 Å². The molecule has 2 aromatic carbocycles. The van der Waals surface area contributed by atoms with E-state index in [4.69, 9.17) is 4.74 Å². The van der Waals surface area contributed by atoms with Crippen LogP contribution in [0.4, 0.5) is 0 Å². The zero-order chi connectivity index (χ0) is 18.6. The van der Waals surface area contributed by atoms with Crippen molar-refractivity contribution in [1.29, 1.82) is 0 Å². The fourth-order valence-electron chi connectivity index (χ4n) is 2.71. The van der Waals surface area contributed by atoms with Gasteiger partial charge in [-0.3, -0.25) is 9.78 Å². The van der Waals surface area contributed by atoms with Gasteiger partial charge in [0.25, 0.3) is 5.91 Å². The molecule has 0 atom stereocenters. The highest BCUT2D eigenvalue weighted by Gasteiger charge is 2.11. The number of rotatable bonds is 5. The number of carbonyl (C=O) groups excluding carboxylic acids is 1. The lowest BCUT2D eigenvalue weighted by Gasteiger charge is -2.04. The minimum atomic E-state index is -0.111. The molecule has 27 heavy (non-hydrogen) atoms. The van der Waals surface area contributed by atoms with E-state index in [2.05, 4.69) is 15.3 Å². The Bertz CT molecular complexity index is 1080. The molecule has 2 aromatic heterocycles. The molecule has 0 saturated carbocycles. The minimum Gasteiger partial charge on any atom is -0.497 e. The Balaban J connectivity index is 1.54. The molecule has 0 radical (unpaired) electrons. The number of benzene rings is 2. The second-order valence-corrected chi connectivity index (χ2v) is 7.00. The van der Waals surface area contributed by atoms with Gasteiger partial charge in [-0.1, -0.05) is 6.07 Å². The first-order valence-corrected chi connectivity index (χ1v) is 9.27. The third-order valence-corrected chi connectivity index (χ3v) is 5.23. The van der Waals surface area contributed by atoms with Gasteiger partial charge in [-0.25, -0.2) is 4.98 Å². The number of hydrogen-bond acceptors (Lipinski definition) is 5. The van der Waals surface area contributed by atoms with Gasteiger partial charge < -0.3 is 10.1 Å². The summed E-state index contributed by atoms with van der Waals surface area (Å²) < 4.78 is 6.18. The van der Waals surface area contributed by atoms with Crippen LogP contribution >= 0.6 is 11.3 Å². The van der Waals surface area contributed by atoms with Crippen molar-refractivity contribution < 1.29 is 9.53 Å². The molecule has 1 N–H and O–H groups in total. The summed E-state index contributed by atoms with van der Waals surface area (Å²) in [6, 6.07) is 17.2. The normalized spacial score (nSPS) is 10.7. The van der Waals surface area contributed by atoms with Crippen molar-refractivity contribution in [3.05, 3.63) is 78.1 Å². The van der Waals surface area contributed by atoms with Gasteiger partial charge in [0.05, 0.1) is 17.3 Å². The first-order chi connectivity index (χ1) is 13.2. The lowest BCUT2D eigenvalue weighted by molar-refractivity contribution is 0.0951. The molecule has 0 spiro atoms. The number of ether oxygens (including phenoxy) is 1. The Labute approximate surface area is 160 Å². The first-order valence-electron chi connectivity index (χ1n) is 8.45. The van der Waals surface area contributed by atoms with Crippen molar-refractivity contribution in [2.45, 2.75) is 6.54 Å². The van der Waals surface area contributed by atoms with Gasteiger partial charge in [0.15, 0.2) is 0 Å². The van der Waals surface area contributed by atoms with Crippen LogP contribution < -0.4 is 10.1 Å². The number of methoxy groups -OCH3 is 1. The molecule has 2 heterocycles. The molecule has 0 bridgehead atoms. The zero-order valence-electron chi connectivity index (χ0n) is 14.7. The van der Waals surface area contributed by atoms with Crippen molar-refractivity contribution in [3.63, 3.8) is 0 Å². The smallest absolute Gasteiger partial charge is 0.251 e. The largest absolute Gasteiger partial charge is 0.497 e. The van der Waals surface area contributed by atoms with E-state index in [1.54, 1.807) is 36.9 Å². The maximum Gasteiger partial charge on any atom is 0.251 e. The summed E-state index contributed by atoms with van der Waals surface area (Å²) in [5.41, 5.74) is 3.50. The van der Waals surface area contributed by atoms with E-state index in [0.29, 0.717) is 12.1 Å². The van der Waals surface area contributed by atoms with E-state index in [-0.39, 0.29) is 5.91 Å². The van der Waals surface area contributed by atoms with Gasteiger partial charge in [-0.2, -0.15) is 0 Å². The topological polar surface area (TPSA) is 64.1 Å². The molecule has 0 unspecified atom stereocenters. The van der Waals surface area contributed by atoms with E-state index in [1.165, 1.54) is 0 Å². The average Bonchev–Trinajstić information content (AvgIpc) is 3.16. The highest BCUT2D eigenvalue weighted by molar-refractivity contribution is 7.21. The minimum absolute atomic E-state index is 0.111. The fraction of sp³-hybridized carbons (Fsp3) is 0.0952. The summed E-state index contributed by atoms with van der Waals surface area (Å²) in [7, 11) is 1.65. The highest BCUT2D eigenvalue weighted by atomic mass is 32.1. The number of amides is 1. The predicted octanol–water partition coefficient (Wildman–Crippen LogP) is 4.30. The van der Waals surface area contributed by atoms with Crippen molar-refractivity contribution in [2.24, 2.45) is 0 Å². The molecule has 0 aliphatic carbocycles. The SMILES string of the molecule is COc1ccc(-c2nc3ccc(C(=O)NCc4cccnc4)cc3s2)cc1. The Hall–Kier alpha value is -3.25. The van der Waals surface area contributed by atoms with Crippen LogP contribution in [0.3, 0.4) is 0 Å². The standard InChI is InChI=1S/C21H17N3O2S/c1-26-17-7-4-15(5-8-17)21-24-18-9-6-16(11-19(18)27-21)20(25)23-13-14-3-2-10-22-12-14/h2-12H,13H2,1H3,(H,23,25). The average molecular weight is 375 g/mol. The fourth-order valence-corrected chi connectivity index (χ4v) is 3.72. The third-order valence-electron chi connectivity index (χ3n) is 4.16. The van der Waals surface area contributed by atoms with Crippen LogP contribution in [0, 0.1) is 0 Å². The molecule has 4 rings (SSSR count). The number of thiazole rings is 1. The number of aromatic nitrogens is 2. The van der Waals surface area contributed by atoms with Crippen molar-refractivity contribution in [1.82, 2.24) is 15.3 Å². The number of carbonyl (C=O) groups is 1. The summed E-state index contributed by atoms with van der Waals surface area (Å²) >= 11 is 1.57. The van der Waals surface area contributed by atoms with Crippen LogP contribution in [-0.2, 0) is 6.54 Å². The lowest BCUT2D eigenvalue weighted by atomic mass is 10.2. The second-order valence-electron chi connectivity index (χ2n) is 5.97. The van der Waals surface area contributed by atoms with Gasteiger partial charge >= 0.3 is 0 Å². The van der Waals surface area contributed by atoms with Crippen molar-refractivity contribution in [3.8, 4) is 16.3 Å². The summed E-state index contributed by atoms with van der Waals surface area (Å²) in [6.45, 7) is 0.449. The number of nitrogens with zero attached hydrogens (tertiary/aromatic N) is 2. The van der Waals surface area contributed by atoms with Crippen LogP contribution in [0.5, 0.6) is 5.75 Å². The van der Waals surface area contributed by atoms with Gasteiger partial charge in [-0.15, -0.1) is 11.3 Å². The number of hydrogen-bond donors (Lipinski definition) is 1.